The number of carbonyl (C=O) groups is 3. The number of likely N-dealkylation sites (tertiary alicyclic amines) is 1. The highest BCUT2D eigenvalue weighted by Crippen LogP contribution is 2.61. The van der Waals surface area contributed by atoms with E-state index in [1.165, 1.54) is 9.80 Å². The van der Waals surface area contributed by atoms with Gasteiger partial charge in [0.25, 0.3) is 5.91 Å². The predicted molar refractivity (Wildman–Crippen MR) is 139 cm³/mol. The first-order valence-electron chi connectivity index (χ1n) is 12.2. The summed E-state index contributed by atoms with van der Waals surface area (Å²) in [5.41, 5.74) is -0.778. The molecule has 2 amide bonds. The van der Waals surface area contributed by atoms with Gasteiger partial charge in [-0.1, -0.05) is 59.6 Å². The lowest BCUT2D eigenvalue weighted by Crippen LogP contribution is -2.60. The fraction of sp³-hybridized carbons (Fsp3) is 0.577. The van der Waals surface area contributed by atoms with Crippen LogP contribution < -0.4 is 4.90 Å². The summed E-state index contributed by atoms with van der Waals surface area (Å²) in [6.45, 7) is 9.25. The lowest BCUT2D eigenvalue weighted by molar-refractivity contribution is -0.155. The summed E-state index contributed by atoms with van der Waals surface area (Å²) in [6, 6.07) is 5.24. The molecule has 1 spiro atoms. The van der Waals surface area contributed by atoms with E-state index in [2.05, 4.69) is 22.5 Å². The van der Waals surface area contributed by atoms with Gasteiger partial charge in [0.15, 0.2) is 0 Å². The van der Waals surface area contributed by atoms with Crippen LogP contribution in [0.2, 0.25) is 5.02 Å². The first-order chi connectivity index (χ1) is 17.1. The van der Waals surface area contributed by atoms with E-state index in [0.29, 0.717) is 17.1 Å². The van der Waals surface area contributed by atoms with Crippen LogP contribution in [0, 0.1) is 17.8 Å². The van der Waals surface area contributed by atoms with Crippen molar-refractivity contribution in [2.75, 3.05) is 24.7 Å². The highest BCUT2D eigenvalue weighted by molar-refractivity contribution is 9.09. The molecule has 4 rings (SSSR count). The first-order valence-corrected chi connectivity index (χ1v) is 13.5. The molecule has 3 unspecified atom stereocenters. The third kappa shape index (κ3) is 4.08. The number of alkyl halides is 1. The van der Waals surface area contributed by atoms with Crippen molar-refractivity contribution >= 4 is 51.0 Å². The third-order valence-electron chi connectivity index (χ3n) is 7.55. The Kier molecular flexibility index (Phi) is 7.86. The van der Waals surface area contributed by atoms with Crippen molar-refractivity contribution in [2.24, 2.45) is 17.8 Å². The molecule has 0 aliphatic carbocycles. The van der Waals surface area contributed by atoms with Gasteiger partial charge >= 0.3 is 5.97 Å². The first kappa shape index (κ1) is 27.1. The minimum Gasteiger partial charge on any atom is -0.466 e. The number of esters is 1. The molecule has 0 radical (unpaired) electrons. The summed E-state index contributed by atoms with van der Waals surface area (Å²) < 4.78 is 11.8. The third-order valence-corrected chi connectivity index (χ3v) is 8.72. The van der Waals surface area contributed by atoms with Crippen molar-refractivity contribution in [2.45, 2.75) is 55.8 Å². The Labute approximate surface area is 224 Å². The van der Waals surface area contributed by atoms with Gasteiger partial charge in [0.05, 0.1) is 47.9 Å². The Morgan fingerprint density at radius 2 is 2.11 bits per heavy atom. The van der Waals surface area contributed by atoms with E-state index in [9.17, 15) is 19.5 Å². The molecule has 1 N–H and O–H groups in total. The Bertz CT molecular complexity index is 1050. The van der Waals surface area contributed by atoms with E-state index >= 15 is 0 Å². The summed E-state index contributed by atoms with van der Waals surface area (Å²) >= 11 is 10.1. The number of aliphatic hydroxyl groups excluding tert-OH is 1. The molecular formula is C26H32BrClN2O6. The Balaban J connectivity index is 1.87. The molecular weight excluding hydrogens is 552 g/mol. The molecule has 8 nitrogen and oxygen atoms in total. The number of amides is 2. The molecule has 1 aromatic rings. The van der Waals surface area contributed by atoms with Crippen LogP contribution in [0.25, 0.3) is 0 Å². The van der Waals surface area contributed by atoms with E-state index in [4.69, 9.17) is 21.1 Å². The molecule has 196 valence electrons. The molecule has 2 bridgehead atoms. The number of hydrogen-bond donors (Lipinski definition) is 1. The van der Waals surface area contributed by atoms with Crippen LogP contribution in [0.1, 0.15) is 27.2 Å². The highest BCUT2D eigenvalue weighted by Gasteiger charge is 2.77. The van der Waals surface area contributed by atoms with Gasteiger partial charge in [-0.2, -0.15) is 0 Å². The number of para-hydroxylation sites is 1. The molecule has 3 aliphatic rings. The van der Waals surface area contributed by atoms with Crippen LogP contribution in [0.15, 0.2) is 36.9 Å². The van der Waals surface area contributed by atoms with Gasteiger partial charge in [-0.25, -0.2) is 0 Å². The number of fused-ring (bicyclic) bond motifs is 1. The SMILES string of the molecule is C=CCN(C(=O)C1N([C@@H](CO)C(C)C)C(=O)[C@@H]2[C@H](C(=O)OCC)[C@H]3OC12CC3Br)c1ccccc1Cl. The zero-order valence-corrected chi connectivity index (χ0v) is 22.9. The van der Waals surface area contributed by atoms with Crippen molar-refractivity contribution in [1.82, 2.24) is 4.90 Å². The van der Waals surface area contributed by atoms with Crippen LogP contribution in [0.4, 0.5) is 5.69 Å². The van der Waals surface area contributed by atoms with E-state index in [1.807, 2.05) is 13.8 Å². The molecule has 3 fully saturated rings. The predicted octanol–water partition coefficient (Wildman–Crippen LogP) is 3.19. The second kappa shape index (κ2) is 10.4. The monoisotopic (exact) mass is 582 g/mol. The van der Waals surface area contributed by atoms with Crippen LogP contribution >= 0.6 is 27.5 Å². The van der Waals surface area contributed by atoms with Crippen molar-refractivity contribution in [3.63, 3.8) is 0 Å². The lowest BCUT2D eigenvalue weighted by Gasteiger charge is -2.40. The van der Waals surface area contributed by atoms with Crippen LogP contribution in [0.5, 0.6) is 0 Å². The molecule has 7 atom stereocenters. The van der Waals surface area contributed by atoms with E-state index in [-0.39, 0.29) is 36.4 Å². The lowest BCUT2D eigenvalue weighted by atomic mass is 9.70. The number of aliphatic hydroxyl groups is 1. The molecule has 0 saturated carbocycles. The summed E-state index contributed by atoms with van der Waals surface area (Å²) in [7, 11) is 0. The van der Waals surface area contributed by atoms with Crippen molar-refractivity contribution in [3.05, 3.63) is 41.9 Å². The van der Waals surface area contributed by atoms with Crippen LogP contribution in [-0.2, 0) is 23.9 Å². The van der Waals surface area contributed by atoms with Crippen molar-refractivity contribution in [3.8, 4) is 0 Å². The topological polar surface area (TPSA) is 96.4 Å². The number of carbonyl (C=O) groups excluding carboxylic acids is 3. The number of nitrogens with zero attached hydrogens (tertiary/aromatic N) is 2. The summed E-state index contributed by atoms with van der Waals surface area (Å²) in [5, 5.41) is 10.7. The quantitative estimate of drug-likeness (QED) is 0.273. The number of rotatable bonds is 9. The van der Waals surface area contributed by atoms with E-state index in [1.54, 1.807) is 37.3 Å². The van der Waals surface area contributed by atoms with Gasteiger partial charge in [0.1, 0.15) is 11.6 Å². The molecule has 10 heteroatoms. The molecule has 3 saturated heterocycles. The fourth-order valence-corrected chi connectivity index (χ4v) is 7.27. The maximum Gasteiger partial charge on any atom is 0.312 e. The molecule has 1 aromatic carbocycles. The summed E-state index contributed by atoms with van der Waals surface area (Å²) in [5.74, 6) is -3.19. The molecule has 3 heterocycles. The molecule has 3 aliphatic heterocycles. The number of hydrogen-bond acceptors (Lipinski definition) is 6. The fourth-order valence-electron chi connectivity index (χ4n) is 6.09. The van der Waals surface area contributed by atoms with Gasteiger partial charge in [-0.3, -0.25) is 14.4 Å². The Hall–Kier alpha value is -1.94. The van der Waals surface area contributed by atoms with Crippen LogP contribution in [-0.4, -0.2) is 76.2 Å². The van der Waals surface area contributed by atoms with E-state index < -0.39 is 47.5 Å². The molecule has 36 heavy (non-hydrogen) atoms. The number of benzene rings is 1. The van der Waals surface area contributed by atoms with Gasteiger partial charge in [0, 0.05) is 11.4 Å². The second-order valence-corrected chi connectivity index (χ2v) is 11.4. The zero-order valence-electron chi connectivity index (χ0n) is 20.6. The maximum atomic E-state index is 14.5. The van der Waals surface area contributed by atoms with Gasteiger partial charge in [0.2, 0.25) is 5.91 Å². The minimum atomic E-state index is -1.26. The Morgan fingerprint density at radius 3 is 2.69 bits per heavy atom. The summed E-state index contributed by atoms with van der Waals surface area (Å²) in [6.07, 6.45) is 1.35. The zero-order chi connectivity index (χ0) is 26.4. The van der Waals surface area contributed by atoms with Crippen molar-refractivity contribution in [1.29, 1.82) is 0 Å². The van der Waals surface area contributed by atoms with Crippen molar-refractivity contribution < 1.29 is 29.0 Å². The maximum absolute atomic E-state index is 14.5. The number of halogens is 2. The normalized spacial score (nSPS) is 31.5. The van der Waals surface area contributed by atoms with Gasteiger partial charge < -0.3 is 24.4 Å². The Morgan fingerprint density at radius 1 is 1.42 bits per heavy atom. The smallest absolute Gasteiger partial charge is 0.312 e. The largest absolute Gasteiger partial charge is 0.466 e. The highest BCUT2D eigenvalue weighted by atomic mass is 79.9. The van der Waals surface area contributed by atoms with E-state index in [0.717, 1.165) is 0 Å². The standard InChI is InChI=1S/C26H32BrClN2O6/c1-5-11-29(17-10-8-7-9-16(17)28)24(33)22-26-12-15(27)21(36-26)19(25(34)35-6-2)20(26)23(32)30(22)18(13-31)14(3)4/h5,7-10,14-15,18-22,31H,1,6,11-13H2,2-4H3/t15?,18-,19-,20-,21-,22?,26?/m0/s1. The number of anilines is 1. The van der Waals surface area contributed by atoms with Crippen LogP contribution in [0.3, 0.4) is 0 Å². The van der Waals surface area contributed by atoms with Gasteiger partial charge in [-0.15, -0.1) is 6.58 Å². The van der Waals surface area contributed by atoms with Gasteiger partial charge in [-0.05, 0) is 31.4 Å². The second-order valence-electron chi connectivity index (χ2n) is 9.84. The summed E-state index contributed by atoms with van der Waals surface area (Å²) in [4.78, 5) is 44.3. The average Bonchev–Trinajstić information content (AvgIpc) is 3.42. The number of ether oxygens (including phenoxy) is 2. The average molecular weight is 584 g/mol. The minimum absolute atomic E-state index is 0.149. The molecule has 0 aromatic heterocycles.